The molecule has 1 fully saturated rings. The molecule has 0 saturated carbocycles. The fourth-order valence-corrected chi connectivity index (χ4v) is 3.60. The number of para-hydroxylation sites is 1. The maximum Gasteiger partial charge on any atom is 0.146 e. The van der Waals surface area contributed by atoms with Gasteiger partial charge in [0.1, 0.15) is 23.7 Å². The van der Waals surface area contributed by atoms with E-state index in [0.717, 1.165) is 52.1 Å². The first kappa shape index (κ1) is 17.2. The monoisotopic (exact) mass is 366 g/mol. The lowest BCUT2D eigenvalue weighted by Gasteiger charge is -2.31. The summed E-state index contributed by atoms with van der Waals surface area (Å²) in [6.07, 6.45) is 2.45. The molecule has 4 rings (SSSR count). The first-order valence-corrected chi connectivity index (χ1v) is 9.59. The van der Waals surface area contributed by atoms with Crippen LogP contribution in [0.3, 0.4) is 0 Å². The van der Waals surface area contributed by atoms with Crippen molar-refractivity contribution in [3.05, 3.63) is 65.2 Å². The molecule has 2 heterocycles. The van der Waals surface area contributed by atoms with Gasteiger partial charge in [-0.05, 0) is 43.0 Å². The first-order chi connectivity index (χ1) is 12.7. The van der Waals surface area contributed by atoms with Gasteiger partial charge in [-0.25, -0.2) is 4.98 Å². The van der Waals surface area contributed by atoms with Crippen molar-refractivity contribution in [2.24, 2.45) is 5.92 Å². The number of pyridine rings is 1. The molecule has 0 atom stereocenters. The van der Waals surface area contributed by atoms with Gasteiger partial charge in [0.2, 0.25) is 0 Å². The summed E-state index contributed by atoms with van der Waals surface area (Å²) in [4.78, 5) is 7.31. The highest BCUT2D eigenvalue weighted by Crippen LogP contribution is 2.29. The Morgan fingerprint density at radius 2 is 1.85 bits per heavy atom. The van der Waals surface area contributed by atoms with Crippen LogP contribution in [0, 0.1) is 5.92 Å². The number of anilines is 1. The molecule has 0 N–H and O–H groups in total. The van der Waals surface area contributed by atoms with E-state index in [-0.39, 0.29) is 0 Å². The first-order valence-electron chi connectivity index (χ1n) is 9.21. The SMILES string of the molecule is CC1CCN(c2ccc3cccc(OCc4ccccc4Cl)c3n2)CC1. The molecule has 0 spiro atoms. The molecular weight excluding hydrogens is 344 g/mol. The Labute approximate surface area is 159 Å². The van der Waals surface area contributed by atoms with E-state index in [0.29, 0.717) is 6.61 Å². The summed E-state index contributed by atoms with van der Waals surface area (Å²) in [5.41, 5.74) is 1.89. The maximum absolute atomic E-state index is 6.24. The normalized spacial score (nSPS) is 15.4. The average Bonchev–Trinajstić information content (AvgIpc) is 2.67. The number of halogens is 1. The second-order valence-corrected chi connectivity index (χ2v) is 7.45. The molecule has 26 heavy (non-hydrogen) atoms. The van der Waals surface area contributed by atoms with Gasteiger partial charge in [-0.3, -0.25) is 0 Å². The van der Waals surface area contributed by atoms with E-state index in [1.807, 2.05) is 36.4 Å². The van der Waals surface area contributed by atoms with E-state index in [4.69, 9.17) is 21.3 Å². The van der Waals surface area contributed by atoms with Gasteiger partial charge in [0.05, 0.1) is 0 Å². The van der Waals surface area contributed by atoms with E-state index in [2.05, 4.69) is 30.0 Å². The van der Waals surface area contributed by atoms with Gasteiger partial charge in [0, 0.05) is 29.1 Å². The van der Waals surface area contributed by atoms with E-state index >= 15 is 0 Å². The Morgan fingerprint density at radius 1 is 1.04 bits per heavy atom. The molecule has 4 heteroatoms. The lowest BCUT2D eigenvalue weighted by molar-refractivity contribution is 0.309. The summed E-state index contributed by atoms with van der Waals surface area (Å²) in [6.45, 7) is 4.91. The van der Waals surface area contributed by atoms with Crippen LogP contribution in [-0.2, 0) is 6.61 Å². The molecule has 134 valence electrons. The minimum atomic E-state index is 0.436. The molecule has 0 unspecified atom stereocenters. The summed E-state index contributed by atoms with van der Waals surface area (Å²) in [5.74, 6) is 2.65. The lowest BCUT2D eigenvalue weighted by Crippen LogP contribution is -2.33. The molecule has 0 aliphatic carbocycles. The van der Waals surface area contributed by atoms with E-state index in [1.165, 1.54) is 12.8 Å². The number of ether oxygens (including phenoxy) is 1. The third-order valence-electron chi connectivity index (χ3n) is 5.12. The van der Waals surface area contributed by atoms with Crippen LogP contribution in [0.15, 0.2) is 54.6 Å². The van der Waals surface area contributed by atoms with E-state index in [9.17, 15) is 0 Å². The topological polar surface area (TPSA) is 25.4 Å². The van der Waals surface area contributed by atoms with Crippen molar-refractivity contribution in [2.45, 2.75) is 26.4 Å². The largest absolute Gasteiger partial charge is 0.487 e. The molecular formula is C22H23ClN2O. The van der Waals surface area contributed by atoms with Crippen LogP contribution < -0.4 is 9.64 Å². The van der Waals surface area contributed by atoms with Crippen LogP contribution in [0.2, 0.25) is 5.02 Å². The summed E-state index contributed by atoms with van der Waals surface area (Å²) >= 11 is 6.24. The number of hydrogen-bond donors (Lipinski definition) is 0. The van der Waals surface area contributed by atoms with E-state index < -0.39 is 0 Å². The number of benzene rings is 2. The molecule has 1 aliphatic heterocycles. The number of hydrogen-bond acceptors (Lipinski definition) is 3. The number of aromatic nitrogens is 1. The fraction of sp³-hybridized carbons (Fsp3) is 0.318. The second-order valence-electron chi connectivity index (χ2n) is 7.05. The van der Waals surface area contributed by atoms with Crippen LogP contribution in [0.1, 0.15) is 25.3 Å². The third-order valence-corrected chi connectivity index (χ3v) is 5.49. The predicted octanol–water partition coefficient (Wildman–Crippen LogP) is 5.70. The highest BCUT2D eigenvalue weighted by atomic mass is 35.5. The quantitative estimate of drug-likeness (QED) is 0.591. The zero-order chi connectivity index (χ0) is 17.9. The van der Waals surface area contributed by atoms with Gasteiger partial charge in [-0.1, -0.05) is 48.9 Å². The van der Waals surface area contributed by atoms with Crippen LogP contribution >= 0.6 is 11.6 Å². The smallest absolute Gasteiger partial charge is 0.146 e. The van der Waals surface area contributed by atoms with Crippen molar-refractivity contribution in [3.63, 3.8) is 0 Å². The maximum atomic E-state index is 6.24. The molecule has 2 aromatic carbocycles. The van der Waals surface area contributed by atoms with Crippen LogP contribution in [0.25, 0.3) is 10.9 Å². The van der Waals surface area contributed by atoms with E-state index in [1.54, 1.807) is 0 Å². The Hall–Kier alpha value is -2.26. The fourth-order valence-electron chi connectivity index (χ4n) is 3.41. The Balaban J connectivity index is 1.60. The number of fused-ring (bicyclic) bond motifs is 1. The molecule has 1 saturated heterocycles. The summed E-state index contributed by atoms with van der Waals surface area (Å²) in [6, 6.07) is 18.1. The highest BCUT2D eigenvalue weighted by Gasteiger charge is 2.17. The van der Waals surface area contributed by atoms with Gasteiger partial charge < -0.3 is 9.64 Å². The highest BCUT2D eigenvalue weighted by molar-refractivity contribution is 6.31. The van der Waals surface area contributed by atoms with Gasteiger partial charge in [-0.2, -0.15) is 0 Å². The van der Waals surface area contributed by atoms with Crippen molar-refractivity contribution in [1.29, 1.82) is 0 Å². The van der Waals surface area contributed by atoms with Gasteiger partial charge in [0.25, 0.3) is 0 Å². The third kappa shape index (κ3) is 3.63. The molecule has 0 radical (unpaired) electrons. The molecule has 3 nitrogen and oxygen atoms in total. The standard InChI is InChI=1S/C22H23ClN2O/c1-16-11-13-25(14-12-16)21-10-9-17-6-4-8-20(22(17)24-21)26-15-18-5-2-3-7-19(18)23/h2-10,16H,11-15H2,1H3. The van der Waals surface area contributed by atoms with Crippen molar-refractivity contribution in [3.8, 4) is 5.75 Å². The molecule has 1 aliphatic rings. The van der Waals surface area contributed by atoms with Crippen LogP contribution in [0.4, 0.5) is 5.82 Å². The van der Waals surface area contributed by atoms with Crippen molar-refractivity contribution >= 4 is 28.3 Å². The Kier molecular flexibility index (Phi) is 4.98. The number of rotatable bonds is 4. The Morgan fingerprint density at radius 3 is 2.65 bits per heavy atom. The van der Waals surface area contributed by atoms with Gasteiger partial charge >= 0.3 is 0 Å². The predicted molar refractivity (Wildman–Crippen MR) is 108 cm³/mol. The summed E-state index contributed by atoms with van der Waals surface area (Å²) < 4.78 is 6.08. The Bertz CT molecular complexity index is 904. The minimum absolute atomic E-state index is 0.436. The number of piperidine rings is 1. The average molecular weight is 367 g/mol. The van der Waals surface area contributed by atoms with Crippen molar-refractivity contribution in [2.75, 3.05) is 18.0 Å². The molecule has 3 aromatic rings. The summed E-state index contributed by atoms with van der Waals surface area (Å²) in [7, 11) is 0. The minimum Gasteiger partial charge on any atom is -0.487 e. The zero-order valence-electron chi connectivity index (χ0n) is 15.0. The number of nitrogens with zero attached hydrogens (tertiary/aromatic N) is 2. The molecule has 1 aromatic heterocycles. The lowest BCUT2D eigenvalue weighted by atomic mass is 9.99. The molecule has 0 bridgehead atoms. The van der Waals surface area contributed by atoms with Gasteiger partial charge in [-0.15, -0.1) is 0 Å². The zero-order valence-corrected chi connectivity index (χ0v) is 15.7. The van der Waals surface area contributed by atoms with Crippen molar-refractivity contribution < 1.29 is 4.74 Å². The second kappa shape index (κ2) is 7.55. The van der Waals surface area contributed by atoms with Crippen LogP contribution in [0.5, 0.6) is 5.75 Å². The van der Waals surface area contributed by atoms with Crippen LogP contribution in [-0.4, -0.2) is 18.1 Å². The van der Waals surface area contributed by atoms with Crippen molar-refractivity contribution in [1.82, 2.24) is 4.98 Å². The van der Waals surface area contributed by atoms with Gasteiger partial charge in [0.15, 0.2) is 0 Å². The molecule has 0 amide bonds. The summed E-state index contributed by atoms with van der Waals surface area (Å²) in [5, 5.41) is 1.82.